The Hall–Kier alpha value is -3.37. The summed E-state index contributed by atoms with van der Waals surface area (Å²) in [7, 11) is 1.54. The normalized spacial score (nSPS) is 15.3. The van der Waals surface area contributed by atoms with Crippen LogP contribution in [0.5, 0.6) is 11.5 Å². The van der Waals surface area contributed by atoms with Crippen molar-refractivity contribution in [2.45, 2.75) is 25.8 Å². The van der Waals surface area contributed by atoms with Gasteiger partial charge >= 0.3 is 5.97 Å². The van der Waals surface area contributed by atoms with Gasteiger partial charge < -0.3 is 19.9 Å². The number of carboxylic acid groups (broad SMARTS) is 1. The molecule has 0 unspecified atom stereocenters. The third-order valence-corrected chi connectivity index (χ3v) is 6.52. The van der Waals surface area contributed by atoms with Gasteiger partial charge in [0.1, 0.15) is 10.4 Å². The third kappa shape index (κ3) is 7.06. The predicted octanol–water partition coefficient (Wildman–Crippen LogP) is 3.50. The molecular weight excluding hydrogens is 488 g/mol. The SMILES string of the molecule is CCOc1ccc(/C=C2/SC(=S)N(CCC(=O)N[C@H](Cc3ccccc3)C(=O)O)C2=O)cc1OC. The Morgan fingerprint density at radius 3 is 2.60 bits per heavy atom. The summed E-state index contributed by atoms with van der Waals surface area (Å²) in [6.45, 7) is 2.43. The van der Waals surface area contributed by atoms with Gasteiger partial charge in [0.2, 0.25) is 5.91 Å². The number of hydrogen-bond donors (Lipinski definition) is 2. The van der Waals surface area contributed by atoms with E-state index in [1.807, 2.05) is 31.2 Å². The Morgan fingerprint density at radius 1 is 1.20 bits per heavy atom. The lowest BCUT2D eigenvalue weighted by atomic mass is 10.1. The van der Waals surface area contributed by atoms with E-state index < -0.39 is 17.9 Å². The van der Waals surface area contributed by atoms with E-state index in [4.69, 9.17) is 21.7 Å². The van der Waals surface area contributed by atoms with Crippen LogP contribution in [-0.4, -0.2) is 58.4 Å². The predicted molar refractivity (Wildman–Crippen MR) is 138 cm³/mol. The summed E-state index contributed by atoms with van der Waals surface area (Å²) >= 11 is 6.49. The Labute approximate surface area is 213 Å². The average molecular weight is 515 g/mol. The van der Waals surface area contributed by atoms with Crippen molar-refractivity contribution in [1.29, 1.82) is 0 Å². The molecule has 1 aliphatic heterocycles. The number of carbonyl (C=O) groups is 3. The summed E-state index contributed by atoms with van der Waals surface area (Å²) in [6.07, 6.45) is 1.80. The number of nitrogens with one attached hydrogen (secondary N) is 1. The molecule has 0 spiro atoms. The molecule has 184 valence electrons. The van der Waals surface area contributed by atoms with Crippen molar-refractivity contribution in [1.82, 2.24) is 10.2 Å². The van der Waals surface area contributed by atoms with Crippen LogP contribution in [-0.2, 0) is 20.8 Å². The summed E-state index contributed by atoms with van der Waals surface area (Å²) in [5.74, 6) is -0.738. The molecule has 1 heterocycles. The highest BCUT2D eigenvalue weighted by molar-refractivity contribution is 8.26. The molecule has 8 nitrogen and oxygen atoms in total. The molecule has 2 aromatic carbocycles. The molecule has 1 aliphatic rings. The zero-order valence-electron chi connectivity index (χ0n) is 19.4. The molecule has 35 heavy (non-hydrogen) atoms. The fourth-order valence-electron chi connectivity index (χ4n) is 3.42. The van der Waals surface area contributed by atoms with E-state index >= 15 is 0 Å². The Morgan fingerprint density at radius 2 is 1.94 bits per heavy atom. The van der Waals surface area contributed by atoms with Crippen LogP contribution in [0.25, 0.3) is 6.08 Å². The average Bonchev–Trinajstić information content (AvgIpc) is 3.10. The first-order chi connectivity index (χ1) is 16.8. The lowest BCUT2D eigenvalue weighted by molar-refractivity contribution is -0.141. The highest BCUT2D eigenvalue weighted by atomic mass is 32.2. The zero-order valence-corrected chi connectivity index (χ0v) is 21.0. The summed E-state index contributed by atoms with van der Waals surface area (Å²) in [4.78, 5) is 38.7. The molecule has 2 N–H and O–H groups in total. The van der Waals surface area contributed by atoms with E-state index in [0.717, 1.165) is 22.9 Å². The fourth-order valence-corrected chi connectivity index (χ4v) is 4.73. The van der Waals surface area contributed by atoms with Crippen LogP contribution in [0.4, 0.5) is 0 Å². The number of nitrogens with zero attached hydrogens (tertiary/aromatic N) is 1. The minimum atomic E-state index is -1.12. The minimum Gasteiger partial charge on any atom is -0.493 e. The molecule has 10 heteroatoms. The molecule has 0 aromatic heterocycles. The third-order valence-electron chi connectivity index (χ3n) is 5.14. The smallest absolute Gasteiger partial charge is 0.326 e. The second kappa shape index (κ2) is 12.4. The number of amides is 2. The number of ether oxygens (including phenoxy) is 2. The maximum Gasteiger partial charge on any atom is 0.326 e. The second-order valence-electron chi connectivity index (χ2n) is 7.57. The summed E-state index contributed by atoms with van der Waals surface area (Å²) in [5, 5.41) is 12.0. The Kier molecular flexibility index (Phi) is 9.27. The van der Waals surface area contributed by atoms with Gasteiger partial charge in [-0.3, -0.25) is 14.5 Å². The quantitative estimate of drug-likeness (QED) is 0.347. The van der Waals surface area contributed by atoms with Gasteiger partial charge in [-0.05, 0) is 36.3 Å². The van der Waals surface area contributed by atoms with Crippen LogP contribution >= 0.6 is 24.0 Å². The van der Waals surface area contributed by atoms with Gasteiger partial charge in [0.05, 0.1) is 18.6 Å². The molecule has 2 aromatic rings. The van der Waals surface area contributed by atoms with Gasteiger partial charge in [-0.25, -0.2) is 4.79 Å². The molecule has 3 rings (SSSR count). The first-order valence-corrected chi connectivity index (χ1v) is 12.2. The number of carbonyl (C=O) groups excluding carboxylic acids is 2. The number of hydrogen-bond acceptors (Lipinski definition) is 7. The van der Waals surface area contributed by atoms with Crippen LogP contribution in [0.3, 0.4) is 0 Å². The van der Waals surface area contributed by atoms with Crippen molar-refractivity contribution in [2.75, 3.05) is 20.3 Å². The van der Waals surface area contributed by atoms with Crippen molar-refractivity contribution in [2.24, 2.45) is 0 Å². The van der Waals surface area contributed by atoms with Crippen molar-refractivity contribution in [3.63, 3.8) is 0 Å². The monoisotopic (exact) mass is 514 g/mol. The molecule has 0 saturated carbocycles. The second-order valence-corrected chi connectivity index (χ2v) is 9.25. The summed E-state index contributed by atoms with van der Waals surface area (Å²) < 4.78 is 11.2. The molecule has 0 aliphatic carbocycles. The van der Waals surface area contributed by atoms with E-state index in [9.17, 15) is 19.5 Å². The highest BCUT2D eigenvalue weighted by Crippen LogP contribution is 2.34. The van der Waals surface area contributed by atoms with Gasteiger partial charge in [-0.15, -0.1) is 0 Å². The standard InChI is InChI=1S/C25H26N2O6S2/c1-3-33-19-10-9-17(14-20(19)32-2)15-21-23(29)27(25(34)35-21)12-11-22(28)26-18(24(30)31)13-16-7-5-4-6-8-16/h4-10,14-15,18H,3,11-13H2,1-2H3,(H,26,28)(H,30,31)/b21-15+/t18-/m1/s1. The highest BCUT2D eigenvalue weighted by Gasteiger charge is 2.32. The zero-order chi connectivity index (χ0) is 25.4. The molecule has 0 radical (unpaired) electrons. The summed E-state index contributed by atoms with van der Waals surface area (Å²) in [5.41, 5.74) is 1.54. The number of thiocarbonyl (C=S) groups is 1. The van der Waals surface area contributed by atoms with Gasteiger partial charge in [0.25, 0.3) is 5.91 Å². The maximum atomic E-state index is 12.9. The van der Waals surface area contributed by atoms with E-state index in [0.29, 0.717) is 27.3 Å². The van der Waals surface area contributed by atoms with Gasteiger partial charge in [0, 0.05) is 19.4 Å². The summed E-state index contributed by atoms with van der Waals surface area (Å²) in [6, 6.07) is 13.3. The van der Waals surface area contributed by atoms with Gasteiger partial charge in [-0.2, -0.15) is 0 Å². The lowest BCUT2D eigenvalue weighted by Crippen LogP contribution is -2.43. The van der Waals surface area contributed by atoms with Crippen LogP contribution < -0.4 is 14.8 Å². The molecule has 0 bridgehead atoms. The van der Waals surface area contributed by atoms with Gasteiger partial charge in [0.15, 0.2) is 11.5 Å². The van der Waals surface area contributed by atoms with Crippen LogP contribution in [0.2, 0.25) is 0 Å². The lowest BCUT2D eigenvalue weighted by Gasteiger charge is -2.17. The molecule has 1 fully saturated rings. The van der Waals surface area contributed by atoms with E-state index in [1.54, 1.807) is 37.5 Å². The number of methoxy groups -OCH3 is 1. The van der Waals surface area contributed by atoms with E-state index in [1.165, 1.54) is 4.90 Å². The number of rotatable bonds is 11. The molecule has 2 amide bonds. The molecule has 1 atom stereocenters. The van der Waals surface area contributed by atoms with Crippen molar-refractivity contribution < 1.29 is 29.0 Å². The maximum absolute atomic E-state index is 12.9. The number of carboxylic acids is 1. The van der Waals surface area contributed by atoms with E-state index in [-0.39, 0.29) is 25.3 Å². The minimum absolute atomic E-state index is 0.0537. The molecular formula is C25H26N2O6S2. The van der Waals surface area contributed by atoms with Crippen LogP contribution in [0.1, 0.15) is 24.5 Å². The first-order valence-electron chi connectivity index (χ1n) is 10.9. The molecule has 1 saturated heterocycles. The first kappa shape index (κ1) is 26.2. The fraction of sp³-hybridized carbons (Fsp3) is 0.280. The number of aliphatic carboxylic acids is 1. The van der Waals surface area contributed by atoms with Crippen LogP contribution in [0, 0.1) is 0 Å². The Bertz CT molecular complexity index is 1140. The van der Waals surface area contributed by atoms with E-state index in [2.05, 4.69) is 5.32 Å². The van der Waals surface area contributed by atoms with Gasteiger partial charge in [-0.1, -0.05) is 60.4 Å². The number of thioether (sulfide) groups is 1. The topological polar surface area (TPSA) is 105 Å². The van der Waals surface area contributed by atoms with Crippen molar-refractivity contribution >= 4 is 52.2 Å². The number of benzene rings is 2. The largest absolute Gasteiger partial charge is 0.493 e. The van der Waals surface area contributed by atoms with Crippen LogP contribution in [0.15, 0.2) is 53.4 Å². The Balaban J connectivity index is 1.61. The van der Waals surface area contributed by atoms with Crippen molar-refractivity contribution in [3.05, 3.63) is 64.6 Å². The van der Waals surface area contributed by atoms with Crippen molar-refractivity contribution in [3.8, 4) is 11.5 Å².